The molecule has 0 aliphatic rings. The first-order chi connectivity index (χ1) is 23.6. The van der Waals surface area contributed by atoms with Crippen LogP contribution < -0.4 is 0 Å². The first kappa shape index (κ1) is 35.3. The summed E-state index contributed by atoms with van der Waals surface area (Å²) in [4.78, 5) is 14.2. The van der Waals surface area contributed by atoms with Crippen LogP contribution in [0, 0.1) is 26.0 Å². The molecular weight excluding hydrogens is 811 g/mol. The maximum atomic E-state index is 6.62. The van der Waals surface area contributed by atoms with Gasteiger partial charge in [0.25, 0.3) is 0 Å². The predicted molar refractivity (Wildman–Crippen MR) is 205 cm³/mol. The van der Waals surface area contributed by atoms with E-state index < -0.39 is 0 Å². The van der Waals surface area contributed by atoms with E-state index in [-0.39, 0.29) is 25.5 Å². The Hall–Kier alpha value is -4.48. The van der Waals surface area contributed by atoms with Crippen molar-refractivity contribution in [2.24, 2.45) is 0 Å². The van der Waals surface area contributed by atoms with E-state index in [2.05, 4.69) is 108 Å². The zero-order valence-corrected chi connectivity index (χ0v) is 32.6. The second-order valence-corrected chi connectivity index (χ2v) is 14.9. The SMILES string of the molecule is Cc1cccc(C)c1-c1cc(-c2[c-]ccc3c2oc2c3ccc3sc(C(C)(C)C)nc32)ncc1C(C)C.[Ir].[c-]1ccccc1-c1ccccn1. The summed E-state index contributed by atoms with van der Waals surface area (Å²) >= 11 is 1.74. The van der Waals surface area contributed by atoms with Gasteiger partial charge in [0.15, 0.2) is 0 Å². The zero-order chi connectivity index (χ0) is 34.3. The molecule has 50 heavy (non-hydrogen) atoms. The van der Waals surface area contributed by atoms with Crippen molar-refractivity contribution in [2.45, 2.75) is 59.8 Å². The molecule has 0 saturated carbocycles. The molecule has 0 saturated heterocycles. The van der Waals surface area contributed by atoms with Crippen molar-refractivity contribution in [1.29, 1.82) is 0 Å². The van der Waals surface area contributed by atoms with Crippen molar-refractivity contribution < 1.29 is 24.5 Å². The van der Waals surface area contributed by atoms with E-state index in [9.17, 15) is 0 Å². The number of aromatic nitrogens is 3. The Labute approximate surface area is 312 Å². The van der Waals surface area contributed by atoms with Crippen LogP contribution in [-0.2, 0) is 25.5 Å². The molecule has 6 heteroatoms. The number of hydrogen-bond donors (Lipinski definition) is 0. The molecule has 4 nitrogen and oxygen atoms in total. The van der Waals surface area contributed by atoms with Crippen LogP contribution in [0.15, 0.2) is 108 Å². The van der Waals surface area contributed by atoms with E-state index in [1.807, 2.05) is 54.7 Å². The minimum atomic E-state index is -0.00680. The summed E-state index contributed by atoms with van der Waals surface area (Å²) in [7, 11) is 0. The van der Waals surface area contributed by atoms with Crippen LogP contribution >= 0.6 is 11.3 Å². The summed E-state index contributed by atoms with van der Waals surface area (Å²) in [6.45, 7) is 15.4. The minimum absolute atomic E-state index is 0. The summed E-state index contributed by atoms with van der Waals surface area (Å²) < 4.78 is 7.77. The fourth-order valence-electron chi connectivity index (χ4n) is 6.29. The van der Waals surface area contributed by atoms with Crippen LogP contribution in [-0.4, -0.2) is 15.0 Å². The summed E-state index contributed by atoms with van der Waals surface area (Å²) in [6, 6.07) is 37.4. The number of rotatable bonds is 4. The van der Waals surface area contributed by atoms with Crippen LogP contribution in [0.25, 0.3) is 65.8 Å². The van der Waals surface area contributed by atoms with Gasteiger partial charge in [-0.2, -0.15) is 0 Å². The number of fused-ring (bicyclic) bond motifs is 5. The van der Waals surface area contributed by atoms with Gasteiger partial charge in [0.2, 0.25) is 0 Å². The minimum Gasteiger partial charge on any atom is -0.498 e. The molecule has 0 atom stereocenters. The van der Waals surface area contributed by atoms with Gasteiger partial charge in [-0.1, -0.05) is 88.0 Å². The van der Waals surface area contributed by atoms with Crippen molar-refractivity contribution in [3.8, 4) is 33.6 Å². The quantitative estimate of drug-likeness (QED) is 0.166. The smallest absolute Gasteiger partial charge is 0.148 e. The number of nitrogens with zero attached hydrogens (tertiary/aromatic N) is 3. The Kier molecular flexibility index (Phi) is 10.2. The molecule has 0 aliphatic heterocycles. The maximum Gasteiger partial charge on any atom is 0.148 e. The van der Waals surface area contributed by atoms with Crippen LogP contribution in [0.3, 0.4) is 0 Å². The summed E-state index contributed by atoms with van der Waals surface area (Å²) in [5.41, 5.74) is 12.7. The van der Waals surface area contributed by atoms with Gasteiger partial charge in [0, 0.05) is 43.3 Å². The molecule has 0 spiro atoms. The number of thiazole rings is 1. The number of benzene rings is 4. The molecule has 0 bridgehead atoms. The molecular formula is C44H39IrN3OS-2. The molecule has 4 heterocycles. The maximum absolute atomic E-state index is 6.62. The average Bonchev–Trinajstić information content (AvgIpc) is 3.72. The number of pyridine rings is 2. The average molecular weight is 850 g/mol. The van der Waals surface area contributed by atoms with Gasteiger partial charge in [-0.05, 0) is 71.1 Å². The van der Waals surface area contributed by atoms with Gasteiger partial charge >= 0.3 is 0 Å². The number of furan rings is 1. The van der Waals surface area contributed by atoms with Gasteiger partial charge in [0.1, 0.15) is 11.1 Å². The van der Waals surface area contributed by atoms with E-state index in [1.54, 1.807) is 17.5 Å². The summed E-state index contributed by atoms with van der Waals surface area (Å²) in [6.07, 6.45) is 3.82. The normalized spacial score (nSPS) is 11.5. The fourth-order valence-corrected chi connectivity index (χ4v) is 7.32. The van der Waals surface area contributed by atoms with Gasteiger partial charge in [0.05, 0.1) is 15.3 Å². The van der Waals surface area contributed by atoms with Crippen LogP contribution in [0.2, 0.25) is 0 Å². The molecule has 0 N–H and O–H groups in total. The van der Waals surface area contributed by atoms with E-state index in [1.165, 1.54) is 27.8 Å². The second-order valence-electron chi connectivity index (χ2n) is 13.8. The van der Waals surface area contributed by atoms with Crippen molar-refractivity contribution >= 4 is 43.5 Å². The first-order valence-corrected chi connectivity index (χ1v) is 17.5. The molecule has 4 aromatic heterocycles. The largest absolute Gasteiger partial charge is 0.498 e. The topological polar surface area (TPSA) is 51.8 Å². The van der Waals surface area contributed by atoms with Gasteiger partial charge in [-0.15, -0.1) is 65.4 Å². The molecule has 253 valence electrons. The van der Waals surface area contributed by atoms with E-state index in [0.717, 1.165) is 59.7 Å². The number of aryl methyl sites for hydroxylation is 2. The number of hydrogen-bond acceptors (Lipinski definition) is 5. The van der Waals surface area contributed by atoms with Gasteiger partial charge in [-0.3, -0.25) is 0 Å². The monoisotopic (exact) mass is 850 g/mol. The Balaban J connectivity index is 0.000000281. The fraction of sp³-hybridized carbons (Fsp3) is 0.205. The van der Waals surface area contributed by atoms with Crippen LogP contribution in [0.1, 0.15) is 62.2 Å². The van der Waals surface area contributed by atoms with Crippen LogP contribution in [0.4, 0.5) is 0 Å². The van der Waals surface area contributed by atoms with Gasteiger partial charge in [-0.25, -0.2) is 4.98 Å². The molecule has 0 unspecified atom stereocenters. The Morgan fingerprint density at radius 3 is 2.20 bits per heavy atom. The van der Waals surface area contributed by atoms with Crippen molar-refractivity contribution in [2.75, 3.05) is 0 Å². The predicted octanol–water partition coefficient (Wildman–Crippen LogP) is 12.3. The standard InChI is InChI=1S/C33H31N2OS.C11H8N.Ir/c1-18(2)25-17-34-26(16-24(25)28-19(3)10-8-11-20(28)4)23-13-9-12-21-22-14-15-27-29(31(22)36-30(21)23)35-32(37-27)33(5,6)7;1-2-6-10(7-3-1)11-8-4-5-9-12-11;/h8-12,14-18H,1-7H3;1-6,8-9H;/q2*-1;. The Morgan fingerprint density at radius 2 is 1.52 bits per heavy atom. The van der Waals surface area contributed by atoms with Crippen molar-refractivity contribution in [3.05, 3.63) is 137 Å². The molecule has 0 fully saturated rings. The molecule has 1 radical (unpaired) electrons. The zero-order valence-electron chi connectivity index (χ0n) is 29.4. The summed E-state index contributed by atoms with van der Waals surface area (Å²) in [5, 5.41) is 3.27. The third kappa shape index (κ3) is 6.81. The Bertz CT molecular complexity index is 2360. The van der Waals surface area contributed by atoms with Crippen LogP contribution in [0.5, 0.6) is 0 Å². The van der Waals surface area contributed by atoms with Crippen molar-refractivity contribution in [3.63, 3.8) is 0 Å². The second kappa shape index (κ2) is 14.4. The molecule has 0 amide bonds. The van der Waals surface area contributed by atoms with Crippen molar-refractivity contribution in [1.82, 2.24) is 15.0 Å². The van der Waals surface area contributed by atoms with Gasteiger partial charge < -0.3 is 14.4 Å². The Morgan fingerprint density at radius 1 is 0.760 bits per heavy atom. The molecule has 0 aliphatic carbocycles. The van der Waals surface area contributed by atoms with E-state index in [4.69, 9.17) is 14.4 Å². The van der Waals surface area contributed by atoms with E-state index in [0.29, 0.717) is 5.92 Å². The summed E-state index contributed by atoms with van der Waals surface area (Å²) in [5.74, 6) is 0.358. The molecule has 4 aromatic carbocycles. The van der Waals surface area contributed by atoms with E-state index >= 15 is 0 Å². The third-order valence-corrected chi connectivity index (χ3v) is 10.3. The first-order valence-electron chi connectivity index (χ1n) is 16.7. The molecule has 8 rings (SSSR count). The third-order valence-electron chi connectivity index (χ3n) is 8.81. The molecule has 8 aromatic rings.